The van der Waals surface area contributed by atoms with Gasteiger partial charge in [-0.3, -0.25) is 14.5 Å². The zero-order valence-electron chi connectivity index (χ0n) is 18.2. The number of nitrogens with zero attached hydrogens (tertiary/aromatic N) is 2. The number of anilines is 1. The van der Waals surface area contributed by atoms with Crippen molar-refractivity contribution in [2.45, 2.75) is 70.3 Å². The largest absolute Gasteiger partial charge is 0.489 e. The predicted octanol–water partition coefficient (Wildman–Crippen LogP) is 3.48. The van der Waals surface area contributed by atoms with E-state index in [1.165, 1.54) is 19.3 Å². The van der Waals surface area contributed by atoms with E-state index in [2.05, 4.69) is 22.5 Å². The van der Waals surface area contributed by atoms with Crippen LogP contribution < -0.4 is 15.4 Å². The highest BCUT2D eigenvalue weighted by Crippen LogP contribution is 2.36. The average molecular weight is 429 g/mol. The first kappa shape index (κ1) is 21.6. The molecule has 1 aromatic rings. The third kappa shape index (κ3) is 4.83. The van der Waals surface area contributed by atoms with E-state index >= 15 is 0 Å². The van der Waals surface area contributed by atoms with Crippen LogP contribution in [0, 0.1) is 11.8 Å². The molecule has 1 aliphatic heterocycles. The van der Waals surface area contributed by atoms with Gasteiger partial charge in [-0.2, -0.15) is 0 Å². The van der Waals surface area contributed by atoms with E-state index in [0.717, 1.165) is 30.6 Å². The van der Waals surface area contributed by atoms with Gasteiger partial charge in [0, 0.05) is 6.20 Å². The number of nitrogens with one attached hydrogen (secondary N) is 2. The van der Waals surface area contributed by atoms with Crippen molar-refractivity contribution in [3.05, 3.63) is 18.3 Å². The summed E-state index contributed by atoms with van der Waals surface area (Å²) in [5, 5.41) is 5.56. The van der Waals surface area contributed by atoms with Crippen LogP contribution >= 0.6 is 0 Å². The molecule has 3 fully saturated rings. The fraction of sp³-hybridized carbons (Fsp3) is 0.652. The smallest absolute Gasteiger partial charge is 0.325 e. The van der Waals surface area contributed by atoms with Crippen molar-refractivity contribution in [1.29, 1.82) is 0 Å². The highest BCUT2D eigenvalue weighted by molar-refractivity contribution is 6.10. The minimum Gasteiger partial charge on any atom is -0.489 e. The van der Waals surface area contributed by atoms with E-state index in [1.54, 1.807) is 18.3 Å². The van der Waals surface area contributed by atoms with Gasteiger partial charge in [0.15, 0.2) is 11.6 Å². The first-order valence-corrected chi connectivity index (χ1v) is 11.5. The molecule has 1 aromatic heterocycles. The van der Waals surface area contributed by atoms with E-state index in [9.17, 15) is 14.4 Å². The van der Waals surface area contributed by atoms with Crippen LogP contribution in [0.25, 0.3) is 0 Å². The van der Waals surface area contributed by atoms with Gasteiger partial charge in [0.05, 0.1) is 6.61 Å². The summed E-state index contributed by atoms with van der Waals surface area (Å²) in [5.74, 6) is 1.13. The molecule has 2 aliphatic carbocycles. The number of amides is 4. The number of urea groups is 1. The molecule has 0 unspecified atom stereocenters. The van der Waals surface area contributed by atoms with E-state index < -0.39 is 17.5 Å². The maximum atomic E-state index is 13.0. The van der Waals surface area contributed by atoms with Crippen molar-refractivity contribution in [2.24, 2.45) is 11.8 Å². The number of rotatable bonds is 6. The second-order valence-corrected chi connectivity index (χ2v) is 9.30. The SMILES string of the molecule is CC1CCC2(CC1)NC(=O)N(CC(=O)Nc1ncccc1OCC1CCCCC1)C2=O. The number of hydrogen-bond acceptors (Lipinski definition) is 5. The number of carbonyl (C=O) groups is 3. The van der Waals surface area contributed by atoms with Crippen molar-refractivity contribution in [3.8, 4) is 5.75 Å². The first-order chi connectivity index (χ1) is 15.0. The summed E-state index contributed by atoms with van der Waals surface area (Å²) >= 11 is 0. The number of hydrogen-bond donors (Lipinski definition) is 2. The Balaban J connectivity index is 1.35. The lowest BCUT2D eigenvalue weighted by Crippen LogP contribution is -2.49. The first-order valence-electron chi connectivity index (χ1n) is 11.5. The van der Waals surface area contributed by atoms with Gasteiger partial charge in [0.25, 0.3) is 5.91 Å². The Kier molecular flexibility index (Phi) is 6.43. The molecule has 3 aliphatic rings. The normalized spacial score (nSPS) is 26.7. The number of aromatic nitrogens is 1. The minimum absolute atomic E-state index is 0.297. The summed E-state index contributed by atoms with van der Waals surface area (Å²) < 4.78 is 5.95. The van der Waals surface area contributed by atoms with E-state index in [0.29, 0.717) is 42.9 Å². The van der Waals surface area contributed by atoms with Crippen LogP contribution in [0.15, 0.2) is 18.3 Å². The maximum absolute atomic E-state index is 13.0. The Bertz CT molecular complexity index is 829. The molecule has 1 spiro atoms. The molecule has 2 N–H and O–H groups in total. The summed E-state index contributed by atoms with van der Waals surface area (Å²) in [6.07, 6.45) is 10.7. The Morgan fingerprint density at radius 2 is 1.97 bits per heavy atom. The number of ether oxygens (including phenoxy) is 1. The van der Waals surface area contributed by atoms with Crippen LogP contribution in [-0.2, 0) is 9.59 Å². The fourth-order valence-electron chi connectivity index (χ4n) is 4.89. The van der Waals surface area contributed by atoms with Crippen LogP contribution in [-0.4, -0.2) is 46.4 Å². The standard InChI is InChI=1S/C23H32N4O4/c1-16-9-11-23(12-10-16)21(29)27(22(30)26-23)14-19(28)25-20-18(8-5-13-24-20)31-15-17-6-3-2-4-7-17/h5,8,13,16-17H,2-4,6-7,9-12,14-15H2,1H3,(H,26,30)(H,24,25,28). The highest BCUT2D eigenvalue weighted by Gasteiger charge is 2.52. The summed E-state index contributed by atoms with van der Waals surface area (Å²) in [5.41, 5.74) is -0.844. The lowest BCUT2D eigenvalue weighted by Gasteiger charge is -2.33. The summed E-state index contributed by atoms with van der Waals surface area (Å²) in [7, 11) is 0. The van der Waals surface area contributed by atoms with Gasteiger partial charge < -0.3 is 15.4 Å². The number of imide groups is 1. The van der Waals surface area contributed by atoms with Gasteiger partial charge in [-0.15, -0.1) is 0 Å². The molecule has 2 heterocycles. The number of carbonyl (C=O) groups excluding carboxylic acids is 3. The molecular formula is C23H32N4O4. The molecule has 4 rings (SSSR count). The van der Waals surface area contributed by atoms with Crippen LogP contribution in [0.3, 0.4) is 0 Å². The fourth-order valence-corrected chi connectivity index (χ4v) is 4.89. The Labute approximate surface area is 183 Å². The van der Waals surface area contributed by atoms with E-state index in [4.69, 9.17) is 4.74 Å². The van der Waals surface area contributed by atoms with Crippen molar-refractivity contribution >= 4 is 23.7 Å². The second-order valence-electron chi connectivity index (χ2n) is 9.30. The summed E-state index contributed by atoms with van der Waals surface area (Å²) in [6.45, 7) is 2.42. The van der Waals surface area contributed by atoms with Crippen molar-refractivity contribution in [3.63, 3.8) is 0 Å². The molecule has 0 bridgehead atoms. The summed E-state index contributed by atoms with van der Waals surface area (Å²) in [6, 6.07) is 3.04. The molecular weight excluding hydrogens is 396 g/mol. The van der Waals surface area contributed by atoms with Crippen molar-refractivity contribution in [1.82, 2.24) is 15.2 Å². The third-order valence-corrected chi connectivity index (χ3v) is 6.90. The Morgan fingerprint density at radius 1 is 1.23 bits per heavy atom. The minimum atomic E-state index is -0.844. The maximum Gasteiger partial charge on any atom is 0.325 e. The Hall–Kier alpha value is -2.64. The van der Waals surface area contributed by atoms with Crippen molar-refractivity contribution in [2.75, 3.05) is 18.5 Å². The predicted molar refractivity (Wildman–Crippen MR) is 116 cm³/mol. The van der Waals surface area contributed by atoms with Crippen LogP contribution in [0.2, 0.25) is 0 Å². The van der Waals surface area contributed by atoms with Gasteiger partial charge in [0.1, 0.15) is 12.1 Å². The quantitative estimate of drug-likeness (QED) is 0.676. The Morgan fingerprint density at radius 3 is 2.71 bits per heavy atom. The van der Waals surface area contributed by atoms with Crippen LogP contribution in [0.5, 0.6) is 5.75 Å². The molecule has 1 saturated heterocycles. The highest BCUT2D eigenvalue weighted by atomic mass is 16.5. The molecule has 0 aromatic carbocycles. The topological polar surface area (TPSA) is 101 Å². The van der Waals surface area contributed by atoms with E-state index in [-0.39, 0.29) is 12.5 Å². The van der Waals surface area contributed by atoms with Gasteiger partial charge in [-0.05, 0) is 62.5 Å². The monoisotopic (exact) mass is 428 g/mol. The molecule has 31 heavy (non-hydrogen) atoms. The molecule has 8 nitrogen and oxygen atoms in total. The molecule has 0 radical (unpaired) electrons. The average Bonchev–Trinajstić information content (AvgIpc) is 3.00. The number of pyridine rings is 1. The van der Waals surface area contributed by atoms with Gasteiger partial charge in [0.2, 0.25) is 5.91 Å². The zero-order chi connectivity index (χ0) is 21.8. The van der Waals surface area contributed by atoms with Gasteiger partial charge in [-0.1, -0.05) is 26.2 Å². The van der Waals surface area contributed by atoms with Gasteiger partial charge >= 0.3 is 6.03 Å². The molecule has 0 atom stereocenters. The van der Waals surface area contributed by atoms with Gasteiger partial charge in [-0.25, -0.2) is 9.78 Å². The van der Waals surface area contributed by atoms with Crippen LogP contribution in [0.1, 0.15) is 64.7 Å². The zero-order valence-corrected chi connectivity index (χ0v) is 18.2. The molecule has 4 amide bonds. The van der Waals surface area contributed by atoms with E-state index in [1.807, 2.05) is 0 Å². The lowest BCUT2D eigenvalue weighted by atomic mass is 9.77. The summed E-state index contributed by atoms with van der Waals surface area (Å²) in [4.78, 5) is 43.3. The lowest BCUT2D eigenvalue weighted by molar-refractivity contribution is -0.135. The second kappa shape index (κ2) is 9.24. The third-order valence-electron chi connectivity index (χ3n) is 6.90. The molecule has 168 valence electrons. The molecule has 2 saturated carbocycles. The molecule has 8 heteroatoms. The van der Waals surface area contributed by atoms with Crippen LogP contribution in [0.4, 0.5) is 10.6 Å². The van der Waals surface area contributed by atoms with Crippen molar-refractivity contribution < 1.29 is 19.1 Å².